The molecule has 0 aliphatic heterocycles. The van der Waals surface area contributed by atoms with Gasteiger partial charge in [0, 0.05) is 11.4 Å². The number of nitrogens with zero attached hydrogens (tertiary/aromatic N) is 3. The van der Waals surface area contributed by atoms with Gasteiger partial charge in [-0.25, -0.2) is 0 Å². The summed E-state index contributed by atoms with van der Waals surface area (Å²) in [7, 11) is 4.01. The van der Waals surface area contributed by atoms with Crippen LogP contribution in [0.15, 0.2) is 28.8 Å². The van der Waals surface area contributed by atoms with E-state index in [4.69, 9.17) is 16.1 Å². The van der Waals surface area contributed by atoms with Crippen LogP contribution in [0.3, 0.4) is 0 Å². The fourth-order valence-corrected chi connectivity index (χ4v) is 2.25. The van der Waals surface area contributed by atoms with Gasteiger partial charge in [-0.3, -0.25) is 4.90 Å². The first-order chi connectivity index (χ1) is 9.11. The SMILES string of the molecule is CC[C@H](c1nc(Cc2ccccc2Cl)no1)N(C)C. The van der Waals surface area contributed by atoms with E-state index in [1.54, 1.807) is 0 Å². The molecule has 0 aliphatic rings. The van der Waals surface area contributed by atoms with Crippen molar-refractivity contribution in [1.29, 1.82) is 0 Å². The van der Waals surface area contributed by atoms with Gasteiger partial charge in [-0.1, -0.05) is 41.9 Å². The van der Waals surface area contributed by atoms with E-state index < -0.39 is 0 Å². The van der Waals surface area contributed by atoms with Crippen molar-refractivity contribution < 1.29 is 4.52 Å². The molecule has 0 N–H and O–H groups in total. The molecule has 1 aromatic carbocycles. The molecule has 2 rings (SSSR count). The van der Waals surface area contributed by atoms with Crippen LogP contribution in [0.2, 0.25) is 5.02 Å². The van der Waals surface area contributed by atoms with Crippen molar-refractivity contribution in [2.45, 2.75) is 25.8 Å². The minimum Gasteiger partial charge on any atom is -0.338 e. The highest BCUT2D eigenvalue weighted by Crippen LogP contribution is 2.22. The zero-order valence-corrected chi connectivity index (χ0v) is 12.2. The maximum atomic E-state index is 6.13. The molecule has 0 fully saturated rings. The standard InChI is InChI=1S/C14H18ClN3O/c1-4-12(18(2)3)14-16-13(17-19-14)9-10-7-5-6-8-11(10)15/h5-8,12H,4,9H2,1-3H3/t12-/m1/s1. The normalized spacial score (nSPS) is 12.9. The van der Waals surface area contributed by atoms with Gasteiger partial charge in [0.05, 0.1) is 6.04 Å². The van der Waals surface area contributed by atoms with Gasteiger partial charge >= 0.3 is 0 Å². The second kappa shape index (κ2) is 6.17. The van der Waals surface area contributed by atoms with E-state index in [1.807, 2.05) is 38.4 Å². The fourth-order valence-electron chi connectivity index (χ4n) is 2.05. The lowest BCUT2D eigenvalue weighted by Gasteiger charge is -2.18. The van der Waals surface area contributed by atoms with Crippen molar-refractivity contribution in [1.82, 2.24) is 15.0 Å². The first-order valence-corrected chi connectivity index (χ1v) is 6.72. The highest BCUT2D eigenvalue weighted by molar-refractivity contribution is 6.31. The molecule has 4 nitrogen and oxygen atoms in total. The van der Waals surface area contributed by atoms with Crippen LogP contribution in [-0.2, 0) is 6.42 Å². The molecule has 0 spiro atoms. The Morgan fingerprint density at radius 2 is 2.05 bits per heavy atom. The number of rotatable bonds is 5. The molecule has 0 aliphatic carbocycles. The van der Waals surface area contributed by atoms with Crippen molar-refractivity contribution in [3.63, 3.8) is 0 Å². The average molecular weight is 280 g/mol. The summed E-state index contributed by atoms with van der Waals surface area (Å²) in [5.74, 6) is 1.33. The highest BCUT2D eigenvalue weighted by Gasteiger charge is 2.19. The van der Waals surface area contributed by atoms with Gasteiger partial charge in [-0.05, 0) is 32.1 Å². The van der Waals surface area contributed by atoms with E-state index in [0.29, 0.717) is 18.1 Å². The largest absolute Gasteiger partial charge is 0.338 e. The van der Waals surface area contributed by atoms with E-state index in [9.17, 15) is 0 Å². The number of hydrogen-bond acceptors (Lipinski definition) is 4. The topological polar surface area (TPSA) is 42.2 Å². The Balaban J connectivity index is 2.16. The Hall–Kier alpha value is -1.39. The number of halogens is 1. The van der Waals surface area contributed by atoms with Crippen LogP contribution in [0.25, 0.3) is 0 Å². The van der Waals surface area contributed by atoms with Gasteiger partial charge in [-0.15, -0.1) is 0 Å². The Bertz CT molecular complexity index is 539. The van der Waals surface area contributed by atoms with E-state index >= 15 is 0 Å². The summed E-state index contributed by atoms with van der Waals surface area (Å²) in [4.78, 5) is 6.54. The lowest BCUT2D eigenvalue weighted by atomic mass is 10.1. The Morgan fingerprint density at radius 3 is 2.68 bits per heavy atom. The van der Waals surface area contributed by atoms with Crippen LogP contribution in [0, 0.1) is 0 Å². The van der Waals surface area contributed by atoms with Crippen LogP contribution in [0.1, 0.15) is 36.7 Å². The number of aromatic nitrogens is 2. The summed E-state index contributed by atoms with van der Waals surface area (Å²) in [6, 6.07) is 7.87. The third-order valence-electron chi connectivity index (χ3n) is 3.09. The monoisotopic (exact) mass is 279 g/mol. The van der Waals surface area contributed by atoms with Crippen molar-refractivity contribution in [3.05, 3.63) is 46.6 Å². The zero-order valence-electron chi connectivity index (χ0n) is 11.4. The number of benzene rings is 1. The molecule has 0 saturated carbocycles. The average Bonchev–Trinajstić information content (AvgIpc) is 2.81. The summed E-state index contributed by atoms with van der Waals surface area (Å²) in [5, 5.41) is 4.76. The minimum atomic E-state index is 0.160. The molecule has 0 radical (unpaired) electrons. The molecular formula is C14H18ClN3O. The van der Waals surface area contributed by atoms with Gasteiger partial charge in [0.15, 0.2) is 5.82 Å². The Labute approximate surface area is 118 Å². The fraction of sp³-hybridized carbons (Fsp3) is 0.429. The molecule has 1 heterocycles. The maximum Gasteiger partial charge on any atom is 0.243 e. The predicted octanol–water partition coefficient (Wildman–Crippen LogP) is 3.33. The van der Waals surface area contributed by atoms with Crippen LogP contribution >= 0.6 is 11.6 Å². The van der Waals surface area contributed by atoms with E-state index in [2.05, 4.69) is 22.0 Å². The summed E-state index contributed by atoms with van der Waals surface area (Å²) in [5.41, 5.74) is 1.01. The summed E-state index contributed by atoms with van der Waals surface area (Å²) in [6.45, 7) is 2.10. The van der Waals surface area contributed by atoms with Crippen molar-refractivity contribution >= 4 is 11.6 Å². The zero-order chi connectivity index (χ0) is 13.8. The molecule has 2 aromatic rings. The summed E-state index contributed by atoms with van der Waals surface area (Å²) in [6.07, 6.45) is 1.52. The van der Waals surface area contributed by atoms with Gasteiger partial charge in [-0.2, -0.15) is 4.98 Å². The Morgan fingerprint density at radius 1 is 1.32 bits per heavy atom. The third-order valence-corrected chi connectivity index (χ3v) is 3.45. The van der Waals surface area contributed by atoms with E-state index in [0.717, 1.165) is 17.0 Å². The molecule has 5 heteroatoms. The molecule has 19 heavy (non-hydrogen) atoms. The van der Waals surface area contributed by atoms with Crippen LogP contribution in [0.5, 0.6) is 0 Å². The second-order valence-corrected chi connectivity index (χ2v) is 5.11. The molecule has 0 bridgehead atoms. The van der Waals surface area contributed by atoms with Gasteiger partial charge in [0.2, 0.25) is 5.89 Å². The van der Waals surface area contributed by atoms with E-state index in [1.165, 1.54) is 0 Å². The summed E-state index contributed by atoms with van der Waals surface area (Å²) < 4.78 is 5.35. The van der Waals surface area contributed by atoms with Gasteiger partial charge in [0.25, 0.3) is 0 Å². The van der Waals surface area contributed by atoms with Crippen LogP contribution in [-0.4, -0.2) is 29.1 Å². The predicted molar refractivity (Wildman–Crippen MR) is 75.3 cm³/mol. The second-order valence-electron chi connectivity index (χ2n) is 4.70. The van der Waals surface area contributed by atoms with Crippen LogP contribution < -0.4 is 0 Å². The van der Waals surface area contributed by atoms with E-state index in [-0.39, 0.29) is 6.04 Å². The van der Waals surface area contributed by atoms with Gasteiger partial charge in [0.1, 0.15) is 0 Å². The lowest BCUT2D eigenvalue weighted by molar-refractivity contribution is 0.224. The minimum absolute atomic E-state index is 0.160. The van der Waals surface area contributed by atoms with Crippen molar-refractivity contribution in [2.24, 2.45) is 0 Å². The highest BCUT2D eigenvalue weighted by atomic mass is 35.5. The molecule has 102 valence electrons. The Kier molecular flexibility index (Phi) is 4.56. The number of hydrogen-bond donors (Lipinski definition) is 0. The molecule has 0 amide bonds. The van der Waals surface area contributed by atoms with Crippen molar-refractivity contribution in [3.8, 4) is 0 Å². The lowest BCUT2D eigenvalue weighted by Crippen LogP contribution is -2.19. The van der Waals surface area contributed by atoms with Gasteiger partial charge < -0.3 is 4.52 Å². The molecule has 1 atom stereocenters. The smallest absolute Gasteiger partial charge is 0.243 e. The quantitative estimate of drug-likeness (QED) is 0.842. The first kappa shape index (κ1) is 14.0. The molecule has 1 aromatic heterocycles. The molecular weight excluding hydrogens is 262 g/mol. The molecule has 0 saturated heterocycles. The maximum absolute atomic E-state index is 6.13. The first-order valence-electron chi connectivity index (χ1n) is 6.34. The molecule has 0 unspecified atom stereocenters. The van der Waals surface area contributed by atoms with Crippen LogP contribution in [0.4, 0.5) is 0 Å². The summed E-state index contributed by atoms with van der Waals surface area (Å²) >= 11 is 6.13. The van der Waals surface area contributed by atoms with Crippen molar-refractivity contribution in [2.75, 3.05) is 14.1 Å². The third kappa shape index (κ3) is 3.33.